The highest BCUT2D eigenvalue weighted by Gasteiger charge is 2.34. The molecule has 2 heterocycles. The van der Waals surface area contributed by atoms with Gasteiger partial charge in [0, 0.05) is 42.1 Å². The number of carbonyl (C=O) groups excluding carboxylic acids is 3. The zero-order valence-corrected chi connectivity index (χ0v) is 31.2. The van der Waals surface area contributed by atoms with Crippen molar-refractivity contribution in [2.24, 2.45) is 0 Å². The Morgan fingerprint density at radius 2 is 1.51 bits per heavy atom. The lowest BCUT2D eigenvalue weighted by Gasteiger charge is -2.37. The molecular weight excluding hydrogens is 695 g/mol. The van der Waals surface area contributed by atoms with Crippen LogP contribution in [0.15, 0.2) is 121 Å². The molecule has 0 radical (unpaired) electrons. The number of aromatic nitrogens is 1. The number of nitrogens with one attached hydrogen (secondary N) is 1. The summed E-state index contributed by atoms with van der Waals surface area (Å²) in [4.78, 5) is 45.9. The number of nitrogens with two attached hydrogens (primary N) is 1. The number of ether oxygens (including phenoxy) is 2. The molecule has 1 aliphatic rings. The van der Waals surface area contributed by atoms with Crippen molar-refractivity contribution in [3.8, 4) is 17.2 Å². The number of para-hydroxylation sites is 2. The summed E-state index contributed by atoms with van der Waals surface area (Å²) in [6, 6.07) is 34.1. The summed E-state index contributed by atoms with van der Waals surface area (Å²) in [7, 11) is 1.51. The van der Waals surface area contributed by atoms with Gasteiger partial charge < -0.3 is 35.1 Å². The van der Waals surface area contributed by atoms with Gasteiger partial charge in [-0.05, 0) is 86.8 Å². The van der Waals surface area contributed by atoms with E-state index in [1.165, 1.54) is 19.2 Å². The number of alkyl carbamates (subject to hydrolysis) is 1. The first-order valence-electron chi connectivity index (χ1n) is 18.0. The van der Waals surface area contributed by atoms with Gasteiger partial charge in [-0.15, -0.1) is 0 Å². The van der Waals surface area contributed by atoms with Crippen molar-refractivity contribution in [1.29, 1.82) is 0 Å². The quantitative estimate of drug-likeness (QED) is 0.135. The van der Waals surface area contributed by atoms with Crippen LogP contribution in [0.1, 0.15) is 52.6 Å². The molecule has 3 amide bonds. The van der Waals surface area contributed by atoms with Gasteiger partial charge in [-0.3, -0.25) is 14.5 Å². The number of aromatic hydroxyl groups is 1. The summed E-state index contributed by atoms with van der Waals surface area (Å²) >= 11 is 0. The summed E-state index contributed by atoms with van der Waals surface area (Å²) in [6.07, 6.45) is 1.68. The van der Waals surface area contributed by atoms with Crippen LogP contribution in [-0.4, -0.2) is 57.8 Å². The molecular formula is C44H43N5O6. The number of hydrogen-bond acceptors (Lipinski definition) is 7. The fraction of sp³-hybridized carbons (Fsp3) is 0.205. The molecule has 5 aromatic carbocycles. The fourth-order valence-corrected chi connectivity index (χ4v) is 7.04. The second-order valence-electron chi connectivity index (χ2n) is 14.5. The van der Waals surface area contributed by atoms with Gasteiger partial charge in [0.1, 0.15) is 17.1 Å². The highest BCUT2D eigenvalue weighted by atomic mass is 16.6. The van der Waals surface area contributed by atoms with Crippen molar-refractivity contribution >= 4 is 45.9 Å². The van der Waals surface area contributed by atoms with Crippen LogP contribution in [0.25, 0.3) is 16.6 Å². The van der Waals surface area contributed by atoms with Crippen molar-refractivity contribution in [2.45, 2.75) is 45.4 Å². The summed E-state index contributed by atoms with van der Waals surface area (Å²) in [6.45, 7) is 5.85. The van der Waals surface area contributed by atoms with E-state index in [1.807, 2.05) is 83.4 Å². The molecule has 1 aliphatic heterocycles. The maximum Gasteiger partial charge on any atom is 0.407 e. The van der Waals surface area contributed by atoms with Gasteiger partial charge >= 0.3 is 6.09 Å². The fourth-order valence-electron chi connectivity index (χ4n) is 7.04. The number of fused-ring (bicyclic) bond motifs is 2. The third kappa shape index (κ3) is 7.54. The third-order valence-electron chi connectivity index (χ3n) is 9.60. The summed E-state index contributed by atoms with van der Waals surface area (Å²) in [5.41, 5.74) is 11.2. The van der Waals surface area contributed by atoms with Gasteiger partial charge in [-0.25, -0.2) is 4.79 Å². The lowest BCUT2D eigenvalue weighted by molar-refractivity contribution is 0.0474. The number of hydrogen-bond donors (Lipinski definition) is 3. The number of rotatable bonds is 8. The molecule has 0 fully saturated rings. The van der Waals surface area contributed by atoms with E-state index in [0.29, 0.717) is 52.2 Å². The Kier molecular flexibility index (Phi) is 9.94. The first-order valence-corrected chi connectivity index (χ1v) is 18.0. The second kappa shape index (κ2) is 14.9. The van der Waals surface area contributed by atoms with Gasteiger partial charge in [-0.2, -0.15) is 0 Å². The van der Waals surface area contributed by atoms with Crippen LogP contribution in [0, 0.1) is 0 Å². The largest absolute Gasteiger partial charge is 0.508 e. The number of nitrogens with zero attached hydrogens (tertiary/aromatic N) is 3. The number of methoxy groups -OCH3 is 1. The van der Waals surface area contributed by atoms with Crippen LogP contribution in [0.5, 0.6) is 11.5 Å². The Balaban J connectivity index is 1.34. The van der Waals surface area contributed by atoms with E-state index < -0.39 is 17.7 Å². The van der Waals surface area contributed by atoms with Crippen molar-refractivity contribution in [3.05, 3.63) is 144 Å². The Labute approximate surface area is 319 Å². The minimum absolute atomic E-state index is 0.0790. The lowest BCUT2D eigenvalue weighted by atomic mass is 9.93. The summed E-state index contributed by atoms with van der Waals surface area (Å²) in [5.74, 6) is -0.187. The molecule has 0 bridgehead atoms. The predicted octanol–water partition coefficient (Wildman–Crippen LogP) is 8.00. The number of carbonyl (C=O) groups is 3. The van der Waals surface area contributed by atoms with Gasteiger partial charge in [0.25, 0.3) is 11.8 Å². The van der Waals surface area contributed by atoms with Crippen LogP contribution < -0.4 is 20.7 Å². The monoisotopic (exact) mass is 737 g/mol. The molecule has 0 saturated carbocycles. The topological polar surface area (TPSA) is 139 Å². The molecule has 1 aromatic heterocycles. The highest BCUT2D eigenvalue weighted by molar-refractivity contribution is 6.17. The Morgan fingerprint density at radius 1 is 0.855 bits per heavy atom. The first kappa shape index (κ1) is 36.6. The van der Waals surface area contributed by atoms with Crippen LogP contribution in [-0.2, 0) is 17.7 Å². The molecule has 4 N–H and O–H groups in total. The van der Waals surface area contributed by atoms with Gasteiger partial charge in [0.05, 0.1) is 41.2 Å². The maximum absolute atomic E-state index is 15.0. The number of nitrogen functional groups attached to an aromatic ring is 1. The molecule has 11 heteroatoms. The SMILES string of the molecule is COc1cc(-n2cc(C(=O)N(c3ccccc3)c3ccc(O)cc3)c3ccccc32)c(C(=O)N2Cc3ccccc3C[C@H]2CNC(=O)OC(C)(C)C)cc1N. The molecule has 0 aliphatic carbocycles. The standard InChI is InChI=1S/C44H43N5O6/c1-44(2,3)55-43(53)46-25-32-22-28-12-8-9-13-29(28)26-47(32)41(51)35-23-37(45)40(54-4)24-39(35)48-27-36(34-16-10-11-17-38(34)48)42(52)49(30-14-6-5-7-15-30)31-18-20-33(50)21-19-31/h5-21,23-24,27,32,50H,22,25-26,45H2,1-4H3,(H,46,53)/t32-/m0/s1. The average molecular weight is 738 g/mol. The normalized spacial score (nSPS) is 13.9. The Bertz CT molecular complexity index is 2380. The van der Waals surface area contributed by atoms with Gasteiger partial charge in [0.2, 0.25) is 0 Å². The molecule has 0 spiro atoms. The summed E-state index contributed by atoms with van der Waals surface area (Å²) in [5, 5.41) is 13.6. The number of amides is 3. The van der Waals surface area contributed by atoms with Crippen molar-refractivity contribution < 1.29 is 29.0 Å². The van der Waals surface area contributed by atoms with E-state index in [1.54, 1.807) is 61.0 Å². The minimum Gasteiger partial charge on any atom is -0.508 e. The number of phenolic OH excluding ortho intramolecular Hbond substituents is 1. The second-order valence-corrected chi connectivity index (χ2v) is 14.5. The molecule has 1 atom stereocenters. The molecule has 55 heavy (non-hydrogen) atoms. The van der Waals surface area contributed by atoms with E-state index >= 15 is 0 Å². The zero-order valence-electron chi connectivity index (χ0n) is 31.2. The third-order valence-corrected chi connectivity index (χ3v) is 9.60. The first-order chi connectivity index (χ1) is 26.4. The average Bonchev–Trinajstić information content (AvgIpc) is 3.56. The number of benzene rings is 5. The molecule has 280 valence electrons. The molecule has 0 saturated heterocycles. The maximum atomic E-state index is 15.0. The van der Waals surface area contributed by atoms with E-state index in [-0.39, 0.29) is 35.4 Å². The minimum atomic E-state index is -0.684. The Morgan fingerprint density at radius 3 is 2.22 bits per heavy atom. The highest BCUT2D eigenvalue weighted by Crippen LogP contribution is 2.37. The van der Waals surface area contributed by atoms with Crippen LogP contribution in [0.2, 0.25) is 0 Å². The van der Waals surface area contributed by atoms with E-state index in [4.69, 9.17) is 15.2 Å². The van der Waals surface area contributed by atoms with E-state index in [0.717, 1.165) is 11.1 Å². The zero-order chi connectivity index (χ0) is 38.9. The van der Waals surface area contributed by atoms with Crippen LogP contribution in [0.4, 0.5) is 21.9 Å². The molecule has 7 rings (SSSR count). The lowest BCUT2D eigenvalue weighted by Crippen LogP contribution is -2.50. The molecule has 6 aromatic rings. The van der Waals surface area contributed by atoms with Crippen LogP contribution in [0.3, 0.4) is 0 Å². The summed E-state index contributed by atoms with van der Waals surface area (Å²) < 4.78 is 13.0. The van der Waals surface area contributed by atoms with Gasteiger partial charge in [0.15, 0.2) is 0 Å². The van der Waals surface area contributed by atoms with Crippen molar-refractivity contribution in [3.63, 3.8) is 0 Å². The van der Waals surface area contributed by atoms with Gasteiger partial charge in [-0.1, -0.05) is 60.7 Å². The van der Waals surface area contributed by atoms with Crippen molar-refractivity contribution in [2.75, 3.05) is 24.3 Å². The predicted molar refractivity (Wildman–Crippen MR) is 213 cm³/mol. The molecule has 0 unspecified atom stereocenters. The Hall–Kier alpha value is -6.75. The number of anilines is 3. The van der Waals surface area contributed by atoms with Crippen LogP contribution >= 0.6 is 0 Å². The van der Waals surface area contributed by atoms with E-state index in [2.05, 4.69) is 5.32 Å². The smallest absolute Gasteiger partial charge is 0.407 e. The van der Waals surface area contributed by atoms with E-state index in [9.17, 15) is 19.5 Å². The molecule has 11 nitrogen and oxygen atoms in total. The number of phenols is 1. The van der Waals surface area contributed by atoms with Crippen molar-refractivity contribution in [1.82, 2.24) is 14.8 Å².